The normalized spacial score (nSPS) is 15.0. The quantitative estimate of drug-likeness (QED) is 0.374. The van der Waals surface area contributed by atoms with E-state index in [1.54, 1.807) is 0 Å². The first-order valence-corrected chi connectivity index (χ1v) is 11.9. The summed E-state index contributed by atoms with van der Waals surface area (Å²) in [7, 11) is 0. The zero-order valence-corrected chi connectivity index (χ0v) is 18.7. The van der Waals surface area contributed by atoms with Crippen molar-refractivity contribution in [2.24, 2.45) is 0 Å². The van der Waals surface area contributed by atoms with Gasteiger partial charge in [0.15, 0.2) is 5.58 Å². The molecule has 1 N–H and O–H groups in total. The molecule has 0 saturated carbocycles. The Hall–Kier alpha value is -3.45. The molecule has 7 heteroatoms. The number of hydrogen-bond donors (Lipinski definition) is 1. The maximum Gasteiger partial charge on any atom is 0.177 e. The largest absolute Gasteiger partial charge is 0.452 e. The van der Waals surface area contributed by atoms with E-state index in [-0.39, 0.29) is 0 Å². The molecule has 0 unspecified atom stereocenters. The first kappa shape index (κ1) is 20.2. The maximum atomic E-state index is 6.23. The van der Waals surface area contributed by atoms with Crippen LogP contribution in [0.4, 0.5) is 5.69 Å². The Kier molecular flexibility index (Phi) is 5.40. The molecule has 0 amide bonds. The number of anilines is 1. The van der Waals surface area contributed by atoms with E-state index in [4.69, 9.17) is 9.40 Å². The second-order valence-electron chi connectivity index (χ2n) is 8.86. The number of hydrogen-bond acceptors (Lipinski definition) is 6. The number of pyridine rings is 1. The zero-order chi connectivity index (χ0) is 22.0. The monoisotopic (exact) mass is 440 g/mol. The average Bonchev–Trinajstić information content (AvgIpc) is 3.47. The van der Waals surface area contributed by atoms with E-state index in [1.807, 2.05) is 47.3 Å². The number of piperidine rings is 1. The summed E-state index contributed by atoms with van der Waals surface area (Å²) >= 11 is 0. The highest BCUT2D eigenvalue weighted by molar-refractivity contribution is 6.13. The summed E-state index contributed by atoms with van der Waals surface area (Å²) < 4.78 is 8.19. The SMILES string of the molecule is c1ccc2c(NCc3cn(CCCN4CCCCC4)nn3)c3oc4ccccc4c3nc2c1. The van der Waals surface area contributed by atoms with Gasteiger partial charge in [-0.05, 0) is 57.1 Å². The van der Waals surface area contributed by atoms with Crippen molar-refractivity contribution in [2.75, 3.05) is 25.0 Å². The highest BCUT2D eigenvalue weighted by Gasteiger charge is 2.16. The molecule has 3 aromatic heterocycles. The van der Waals surface area contributed by atoms with Gasteiger partial charge in [0.25, 0.3) is 0 Å². The lowest BCUT2D eigenvalue weighted by Crippen LogP contribution is -2.31. The third kappa shape index (κ3) is 4.04. The second-order valence-corrected chi connectivity index (χ2v) is 8.86. The van der Waals surface area contributed by atoms with Gasteiger partial charge in [-0.25, -0.2) is 4.98 Å². The van der Waals surface area contributed by atoms with Gasteiger partial charge in [0.05, 0.1) is 23.9 Å². The third-order valence-corrected chi connectivity index (χ3v) is 6.54. The van der Waals surface area contributed by atoms with Crippen molar-refractivity contribution < 1.29 is 4.42 Å². The predicted molar refractivity (Wildman–Crippen MR) is 131 cm³/mol. The summed E-state index contributed by atoms with van der Waals surface area (Å²) in [6.07, 6.45) is 7.19. The van der Waals surface area contributed by atoms with Crippen molar-refractivity contribution in [3.05, 3.63) is 60.4 Å². The Labute approximate surface area is 192 Å². The van der Waals surface area contributed by atoms with E-state index in [2.05, 4.69) is 32.7 Å². The van der Waals surface area contributed by atoms with Crippen molar-refractivity contribution in [1.29, 1.82) is 0 Å². The highest BCUT2D eigenvalue weighted by atomic mass is 16.3. The molecule has 4 heterocycles. The van der Waals surface area contributed by atoms with Gasteiger partial charge in [0.1, 0.15) is 16.8 Å². The molecular weight excluding hydrogens is 412 g/mol. The Balaban J connectivity index is 1.21. The van der Waals surface area contributed by atoms with Crippen LogP contribution in [0.5, 0.6) is 0 Å². The van der Waals surface area contributed by atoms with E-state index in [0.29, 0.717) is 6.54 Å². The lowest BCUT2D eigenvalue weighted by atomic mass is 10.1. The molecule has 0 spiro atoms. The first-order chi connectivity index (χ1) is 16.3. The number of rotatable bonds is 7. The van der Waals surface area contributed by atoms with Crippen LogP contribution in [0.15, 0.2) is 59.1 Å². The Bertz CT molecular complexity index is 1400. The lowest BCUT2D eigenvalue weighted by Gasteiger charge is -2.26. The van der Waals surface area contributed by atoms with E-state index in [9.17, 15) is 0 Å². The van der Waals surface area contributed by atoms with Crippen LogP contribution < -0.4 is 5.32 Å². The van der Waals surface area contributed by atoms with Gasteiger partial charge in [0.2, 0.25) is 0 Å². The van der Waals surface area contributed by atoms with Crippen LogP contribution in [0.1, 0.15) is 31.4 Å². The molecule has 1 fully saturated rings. The van der Waals surface area contributed by atoms with Crippen LogP contribution in [0.25, 0.3) is 33.0 Å². The van der Waals surface area contributed by atoms with Gasteiger partial charge in [-0.3, -0.25) is 4.68 Å². The molecule has 1 aliphatic heterocycles. The minimum atomic E-state index is 0.576. The number of furan rings is 1. The first-order valence-electron chi connectivity index (χ1n) is 11.9. The van der Waals surface area contributed by atoms with Gasteiger partial charge in [-0.15, -0.1) is 5.10 Å². The van der Waals surface area contributed by atoms with E-state index in [0.717, 1.165) is 63.9 Å². The number of fused-ring (bicyclic) bond motifs is 4. The summed E-state index contributed by atoms with van der Waals surface area (Å²) in [4.78, 5) is 7.45. The fourth-order valence-electron chi connectivity index (χ4n) is 4.86. The molecule has 0 aliphatic carbocycles. The highest BCUT2D eigenvalue weighted by Crippen LogP contribution is 2.36. The molecule has 0 bridgehead atoms. The number of benzene rings is 2. The number of aryl methyl sites for hydroxylation is 1. The minimum Gasteiger partial charge on any atom is -0.452 e. The van der Waals surface area contributed by atoms with Crippen LogP contribution >= 0.6 is 0 Å². The summed E-state index contributed by atoms with van der Waals surface area (Å²) in [5.41, 5.74) is 5.32. The van der Waals surface area contributed by atoms with Crippen molar-refractivity contribution in [3.8, 4) is 0 Å². The Morgan fingerprint density at radius 3 is 2.64 bits per heavy atom. The van der Waals surface area contributed by atoms with E-state index in [1.165, 1.54) is 32.4 Å². The van der Waals surface area contributed by atoms with Crippen molar-refractivity contribution in [2.45, 2.75) is 38.8 Å². The Morgan fingerprint density at radius 2 is 1.73 bits per heavy atom. The maximum absolute atomic E-state index is 6.23. The van der Waals surface area contributed by atoms with Crippen molar-refractivity contribution in [3.63, 3.8) is 0 Å². The van der Waals surface area contributed by atoms with Crippen molar-refractivity contribution >= 4 is 38.7 Å². The summed E-state index contributed by atoms with van der Waals surface area (Å²) in [6, 6.07) is 16.2. The van der Waals surface area contributed by atoms with Gasteiger partial charge in [-0.2, -0.15) is 0 Å². The second kappa shape index (κ2) is 8.83. The topological polar surface area (TPSA) is 72.0 Å². The molecule has 2 aromatic carbocycles. The predicted octanol–water partition coefficient (Wildman–Crippen LogP) is 5.21. The molecule has 5 aromatic rings. The van der Waals surface area contributed by atoms with Gasteiger partial charge in [0, 0.05) is 17.3 Å². The Morgan fingerprint density at radius 1 is 0.909 bits per heavy atom. The molecular formula is C26H28N6O. The molecule has 168 valence electrons. The average molecular weight is 441 g/mol. The minimum absolute atomic E-state index is 0.576. The fourth-order valence-corrected chi connectivity index (χ4v) is 4.86. The molecule has 33 heavy (non-hydrogen) atoms. The molecule has 1 saturated heterocycles. The number of para-hydroxylation sites is 2. The fraction of sp³-hybridized carbons (Fsp3) is 0.346. The van der Waals surface area contributed by atoms with Gasteiger partial charge in [-0.1, -0.05) is 42.0 Å². The van der Waals surface area contributed by atoms with Crippen LogP contribution in [-0.4, -0.2) is 44.5 Å². The van der Waals surface area contributed by atoms with Crippen LogP contribution in [0, 0.1) is 0 Å². The van der Waals surface area contributed by atoms with Crippen LogP contribution in [0.3, 0.4) is 0 Å². The molecule has 7 nitrogen and oxygen atoms in total. The summed E-state index contributed by atoms with van der Waals surface area (Å²) in [5.74, 6) is 0. The molecule has 6 rings (SSSR count). The van der Waals surface area contributed by atoms with E-state index < -0.39 is 0 Å². The summed E-state index contributed by atoms with van der Waals surface area (Å²) in [5, 5.41) is 14.4. The number of nitrogens with zero attached hydrogens (tertiary/aromatic N) is 5. The summed E-state index contributed by atoms with van der Waals surface area (Å²) in [6.45, 7) is 5.09. The number of nitrogens with one attached hydrogen (secondary N) is 1. The van der Waals surface area contributed by atoms with E-state index >= 15 is 0 Å². The standard InChI is InChI=1S/C26H28N6O/c1-6-13-31(14-7-1)15-8-16-32-18-19(29-30-32)17-27-24-20-9-2-4-11-22(20)28-25-21-10-3-5-12-23(21)33-26(24)25/h2-5,9-12,18H,1,6-8,13-17H2,(H,27,28). The molecule has 1 aliphatic rings. The molecule has 0 atom stereocenters. The number of likely N-dealkylation sites (tertiary alicyclic amines) is 1. The van der Waals surface area contributed by atoms with Crippen LogP contribution in [0.2, 0.25) is 0 Å². The molecule has 0 radical (unpaired) electrons. The van der Waals surface area contributed by atoms with Gasteiger partial charge < -0.3 is 14.6 Å². The van der Waals surface area contributed by atoms with Crippen molar-refractivity contribution in [1.82, 2.24) is 24.9 Å². The number of aromatic nitrogens is 4. The third-order valence-electron chi connectivity index (χ3n) is 6.54. The van der Waals surface area contributed by atoms with Crippen LogP contribution in [-0.2, 0) is 13.1 Å². The van der Waals surface area contributed by atoms with Gasteiger partial charge >= 0.3 is 0 Å². The zero-order valence-electron chi connectivity index (χ0n) is 18.7. The lowest BCUT2D eigenvalue weighted by molar-refractivity contribution is 0.221. The smallest absolute Gasteiger partial charge is 0.177 e.